The second-order valence-corrected chi connectivity index (χ2v) is 5.55. The number of ether oxygens (including phenoxy) is 1. The molecule has 0 radical (unpaired) electrons. The molecule has 124 valence electrons. The number of hydrogen-bond acceptors (Lipinski definition) is 6. The van der Waals surface area contributed by atoms with Crippen molar-refractivity contribution in [1.29, 1.82) is 0 Å². The van der Waals surface area contributed by atoms with Crippen LogP contribution in [0, 0.1) is 0 Å². The van der Waals surface area contributed by atoms with Crippen molar-refractivity contribution in [3.63, 3.8) is 0 Å². The summed E-state index contributed by atoms with van der Waals surface area (Å²) in [6.45, 7) is 0.812. The predicted octanol–water partition coefficient (Wildman–Crippen LogP) is 1.57. The van der Waals surface area contributed by atoms with Crippen LogP contribution in [-0.4, -0.2) is 47.3 Å². The van der Waals surface area contributed by atoms with Crippen molar-refractivity contribution in [1.82, 2.24) is 19.5 Å². The third kappa shape index (κ3) is 2.98. The summed E-state index contributed by atoms with van der Waals surface area (Å²) in [6.07, 6.45) is 1.65. The van der Waals surface area contributed by atoms with Gasteiger partial charge in [0.2, 0.25) is 5.95 Å². The zero-order chi connectivity index (χ0) is 17.1. The maximum atomic E-state index is 12.9. The van der Waals surface area contributed by atoms with E-state index in [-0.39, 0.29) is 5.56 Å². The first-order valence-corrected chi connectivity index (χ1v) is 7.61. The van der Waals surface area contributed by atoms with E-state index in [0.29, 0.717) is 36.0 Å². The first-order valence-electron chi connectivity index (χ1n) is 7.61. The molecule has 0 saturated carbocycles. The molecule has 0 N–H and O–H groups in total. The Morgan fingerprint density at radius 1 is 1.17 bits per heavy atom. The minimum absolute atomic E-state index is 0.186. The van der Waals surface area contributed by atoms with Gasteiger partial charge in [0.15, 0.2) is 5.65 Å². The quantitative estimate of drug-likeness (QED) is 0.709. The Bertz CT molecular complexity index is 906. The number of anilines is 1. The van der Waals surface area contributed by atoms with E-state index < -0.39 is 0 Å². The van der Waals surface area contributed by atoms with Crippen molar-refractivity contribution in [3.8, 4) is 11.3 Å². The summed E-state index contributed by atoms with van der Waals surface area (Å²) in [5, 5.41) is 0. The molecule has 0 atom stereocenters. The lowest BCUT2D eigenvalue weighted by molar-refractivity contribution is 0.187. The summed E-state index contributed by atoms with van der Waals surface area (Å²) in [5.74, 6) is 0.530. The Balaban J connectivity index is 2.27. The average Bonchev–Trinajstić information content (AvgIpc) is 2.60. The zero-order valence-electron chi connectivity index (χ0n) is 13.9. The summed E-state index contributed by atoms with van der Waals surface area (Å²) in [7, 11) is 5.31. The Kier molecular flexibility index (Phi) is 4.52. The highest BCUT2D eigenvalue weighted by Gasteiger charge is 2.15. The molecule has 3 rings (SSSR count). The van der Waals surface area contributed by atoms with E-state index in [1.54, 1.807) is 22.8 Å². The molecule has 3 aromatic rings. The third-order valence-corrected chi connectivity index (χ3v) is 3.64. The van der Waals surface area contributed by atoms with Gasteiger partial charge in [0.05, 0.1) is 19.3 Å². The molecule has 0 unspecified atom stereocenters. The molecular weight excluding hydrogens is 306 g/mol. The van der Waals surface area contributed by atoms with Crippen molar-refractivity contribution in [2.45, 2.75) is 6.54 Å². The van der Waals surface area contributed by atoms with E-state index in [2.05, 4.69) is 15.0 Å². The van der Waals surface area contributed by atoms with E-state index in [4.69, 9.17) is 4.74 Å². The SMILES string of the molecule is COCCn1c(=O)c(-c2ccccc2)nc2cnc(N(C)C)nc21. The maximum absolute atomic E-state index is 12.9. The lowest BCUT2D eigenvalue weighted by atomic mass is 10.1. The fourth-order valence-electron chi connectivity index (χ4n) is 2.42. The van der Waals surface area contributed by atoms with Gasteiger partial charge < -0.3 is 9.64 Å². The van der Waals surface area contributed by atoms with Crippen molar-refractivity contribution in [2.75, 3.05) is 32.7 Å². The minimum Gasteiger partial charge on any atom is -0.383 e. The minimum atomic E-state index is -0.186. The number of benzene rings is 1. The van der Waals surface area contributed by atoms with Crippen molar-refractivity contribution >= 4 is 17.1 Å². The van der Waals surface area contributed by atoms with Crippen LogP contribution in [0.25, 0.3) is 22.4 Å². The van der Waals surface area contributed by atoms with Gasteiger partial charge in [-0.3, -0.25) is 9.36 Å². The molecule has 0 bridgehead atoms. The molecule has 0 aliphatic heterocycles. The Hall–Kier alpha value is -2.80. The molecule has 7 heteroatoms. The van der Waals surface area contributed by atoms with Crippen molar-refractivity contribution in [2.24, 2.45) is 0 Å². The van der Waals surface area contributed by atoms with Crippen molar-refractivity contribution < 1.29 is 4.74 Å². The number of methoxy groups -OCH3 is 1. The van der Waals surface area contributed by atoms with Crippen LogP contribution in [0.4, 0.5) is 5.95 Å². The first-order chi connectivity index (χ1) is 11.6. The normalized spacial score (nSPS) is 11.0. The topological polar surface area (TPSA) is 73.1 Å². The molecule has 0 fully saturated rings. The van der Waals surface area contributed by atoms with E-state index in [0.717, 1.165) is 5.56 Å². The smallest absolute Gasteiger partial charge is 0.278 e. The molecule has 2 heterocycles. The number of hydrogen-bond donors (Lipinski definition) is 0. The fourth-order valence-corrected chi connectivity index (χ4v) is 2.42. The first kappa shape index (κ1) is 16.1. The molecule has 7 nitrogen and oxygen atoms in total. The van der Waals surface area contributed by atoms with E-state index >= 15 is 0 Å². The molecular formula is C17H19N5O2. The summed E-state index contributed by atoms with van der Waals surface area (Å²) in [6, 6.07) is 9.40. The second kappa shape index (κ2) is 6.76. The van der Waals surface area contributed by atoms with Crippen molar-refractivity contribution in [3.05, 3.63) is 46.9 Å². The fraction of sp³-hybridized carbons (Fsp3) is 0.294. The van der Waals surface area contributed by atoms with Crippen LogP contribution in [0.2, 0.25) is 0 Å². The van der Waals surface area contributed by atoms with E-state index in [9.17, 15) is 4.79 Å². The summed E-state index contributed by atoms with van der Waals surface area (Å²) in [4.78, 5) is 28.0. The highest BCUT2D eigenvalue weighted by atomic mass is 16.5. The van der Waals surface area contributed by atoms with Gasteiger partial charge in [-0.15, -0.1) is 0 Å². The number of aromatic nitrogens is 4. The zero-order valence-corrected chi connectivity index (χ0v) is 13.9. The van der Waals surface area contributed by atoms with Gasteiger partial charge in [0.1, 0.15) is 11.2 Å². The van der Waals surface area contributed by atoms with Gasteiger partial charge in [-0.1, -0.05) is 30.3 Å². The average molecular weight is 325 g/mol. The van der Waals surface area contributed by atoms with Gasteiger partial charge in [0.25, 0.3) is 5.56 Å². The van der Waals surface area contributed by atoms with Gasteiger partial charge in [0, 0.05) is 26.8 Å². The molecule has 0 aliphatic carbocycles. The van der Waals surface area contributed by atoms with E-state index in [1.807, 2.05) is 44.4 Å². The van der Waals surface area contributed by atoms with Crippen LogP contribution in [0.5, 0.6) is 0 Å². The Morgan fingerprint density at radius 3 is 2.58 bits per heavy atom. The predicted molar refractivity (Wildman–Crippen MR) is 93.2 cm³/mol. The molecule has 0 spiro atoms. The Morgan fingerprint density at radius 2 is 1.92 bits per heavy atom. The highest BCUT2D eigenvalue weighted by Crippen LogP contribution is 2.17. The van der Waals surface area contributed by atoms with E-state index in [1.165, 1.54) is 0 Å². The Labute approximate surface area is 139 Å². The van der Waals surface area contributed by atoms with Crippen LogP contribution in [0.15, 0.2) is 41.3 Å². The summed E-state index contributed by atoms with van der Waals surface area (Å²) < 4.78 is 6.74. The molecule has 2 aromatic heterocycles. The van der Waals surface area contributed by atoms with Gasteiger partial charge >= 0.3 is 0 Å². The monoisotopic (exact) mass is 325 g/mol. The second-order valence-electron chi connectivity index (χ2n) is 5.55. The largest absolute Gasteiger partial charge is 0.383 e. The lowest BCUT2D eigenvalue weighted by Gasteiger charge is -2.14. The summed E-state index contributed by atoms with van der Waals surface area (Å²) >= 11 is 0. The highest BCUT2D eigenvalue weighted by molar-refractivity contribution is 5.74. The number of nitrogens with zero attached hydrogens (tertiary/aromatic N) is 5. The van der Waals surface area contributed by atoms with Crippen LogP contribution < -0.4 is 10.5 Å². The maximum Gasteiger partial charge on any atom is 0.278 e. The third-order valence-electron chi connectivity index (χ3n) is 3.64. The molecule has 0 saturated heterocycles. The van der Waals surface area contributed by atoms with Crippen LogP contribution in [-0.2, 0) is 11.3 Å². The van der Waals surface area contributed by atoms with Gasteiger partial charge in [-0.25, -0.2) is 9.97 Å². The molecule has 1 aromatic carbocycles. The number of rotatable bonds is 5. The van der Waals surface area contributed by atoms with Crippen LogP contribution in [0.3, 0.4) is 0 Å². The lowest BCUT2D eigenvalue weighted by Crippen LogP contribution is -2.27. The van der Waals surface area contributed by atoms with Crippen LogP contribution >= 0.6 is 0 Å². The van der Waals surface area contributed by atoms with Gasteiger partial charge in [-0.2, -0.15) is 4.98 Å². The molecule has 0 amide bonds. The molecule has 24 heavy (non-hydrogen) atoms. The van der Waals surface area contributed by atoms with Gasteiger partial charge in [-0.05, 0) is 0 Å². The molecule has 0 aliphatic rings. The number of fused-ring (bicyclic) bond motifs is 1. The van der Waals surface area contributed by atoms with Crippen LogP contribution in [0.1, 0.15) is 0 Å². The standard InChI is InChI=1S/C17H19N5O2/c1-21(2)17-18-11-13-15(20-17)22(9-10-24-3)16(23)14(19-13)12-7-5-4-6-8-12/h4-8,11H,9-10H2,1-3H3. The summed E-state index contributed by atoms with van der Waals surface area (Å²) in [5.41, 5.74) is 2.06.